The lowest BCUT2D eigenvalue weighted by molar-refractivity contribution is -0.384. The second kappa shape index (κ2) is 7.16. The number of nitrogens with zero attached hydrogens (tertiary/aromatic N) is 2. The minimum atomic E-state index is -4.62. The van der Waals surface area contributed by atoms with Gasteiger partial charge in [-0.3, -0.25) is 15.1 Å². The number of alkyl halides is 3. The van der Waals surface area contributed by atoms with Gasteiger partial charge in [0.05, 0.1) is 10.5 Å². The Hall–Kier alpha value is -2.52. The highest BCUT2D eigenvalue weighted by atomic mass is 19.4. The zero-order valence-electron chi connectivity index (χ0n) is 12.1. The second-order valence-corrected chi connectivity index (χ2v) is 4.85. The molecule has 0 atom stereocenters. The Morgan fingerprint density at radius 3 is 2.65 bits per heavy atom. The lowest BCUT2D eigenvalue weighted by Gasteiger charge is -2.16. The van der Waals surface area contributed by atoms with E-state index >= 15 is 0 Å². The van der Waals surface area contributed by atoms with Crippen molar-refractivity contribution in [3.05, 3.63) is 33.9 Å². The van der Waals surface area contributed by atoms with Crippen LogP contribution in [0.3, 0.4) is 0 Å². The van der Waals surface area contributed by atoms with Crippen LogP contribution < -0.4 is 16.0 Å². The third-order valence-electron chi connectivity index (χ3n) is 3.15. The summed E-state index contributed by atoms with van der Waals surface area (Å²) in [7, 11) is 0. The van der Waals surface area contributed by atoms with Gasteiger partial charge in [-0.05, 0) is 18.6 Å². The minimum absolute atomic E-state index is 0.0448. The number of aliphatic imine (C=N–C) groups is 1. The van der Waals surface area contributed by atoms with Crippen LogP contribution in [0.4, 0.5) is 24.5 Å². The summed E-state index contributed by atoms with van der Waals surface area (Å²) in [5, 5.41) is 19.7. The van der Waals surface area contributed by atoms with Gasteiger partial charge < -0.3 is 16.0 Å². The van der Waals surface area contributed by atoms with E-state index in [0.717, 1.165) is 31.6 Å². The van der Waals surface area contributed by atoms with Crippen molar-refractivity contribution in [2.45, 2.75) is 12.6 Å². The summed E-state index contributed by atoms with van der Waals surface area (Å²) in [6.07, 6.45) is -3.66. The van der Waals surface area contributed by atoms with Crippen LogP contribution in [-0.4, -0.2) is 37.1 Å². The Morgan fingerprint density at radius 2 is 2.04 bits per heavy atom. The predicted molar refractivity (Wildman–Crippen MR) is 79.5 cm³/mol. The molecular weight excluding hydrogens is 315 g/mol. The molecule has 0 unspecified atom stereocenters. The number of nitro groups is 1. The van der Waals surface area contributed by atoms with Crippen LogP contribution in [0.25, 0.3) is 0 Å². The van der Waals surface area contributed by atoms with Crippen molar-refractivity contribution >= 4 is 17.3 Å². The lowest BCUT2D eigenvalue weighted by atomic mass is 10.1. The van der Waals surface area contributed by atoms with Crippen LogP contribution in [-0.2, 0) is 6.18 Å². The number of anilines is 1. The Balaban J connectivity index is 1.96. The number of hydrogen-bond acceptors (Lipinski definition) is 6. The third kappa shape index (κ3) is 4.73. The predicted octanol–water partition coefficient (Wildman–Crippen LogP) is 1.96. The first-order chi connectivity index (χ1) is 10.9. The minimum Gasteiger partial charge on any atom is -0.378 e. The monoisotopic (exact) mass is 331 g/mol. The first-order valence-electron chi connectivity index (χ1n) is 6.99. The molecule has 0 radical (unpaired) electrons. The SMILES string of the molecule is O=[N+]([O-])c1cc(C(F)(F)F)ccc1NCCNC1=NCCCN1. The summed E-state index contributed by atoms with van der Waals surface area (Å²) < 4.78 is 37.8. The van der Waals surface area contributed by atoms with Gasteiger partial charge >= 0.3 is 6.18 Å². The normalized spacial score (nSPS) is 14.7. The van der Waals surface area contributed by atoms with E-state index < -0.39 is 22.4 Å². The molecule has 0 saturated carbocycles. The Kier molecular flexibility index (Phi) is 5.24. The number of nitrogens with one attached hydrogen (secondary N) is 3. The van der Waals surface area contributed by atoms with Crippen molar-refractivity contribution in [1.29, 1.82) is 0 Å². The summed E-state index contributed by atoms with van der Waals surface area (Å²) in [5.41, 5.74) is -1.61. The fourth-order valence-electron chi connectivity index (χ4n) is 2.04. The molecule has 0 fully saturated rings. The van der Waals surface area contributed by atoms with E-state index in [1.807, 2.05) is 0 Å². The highest BCUT2D eigenvalue weighted by Crippen LogP contribution is 2.34. The van der Waals surface area contributed by atoms with Gasteiger partial charge in [0, 0.05) is 32.2 Å². The molecule has 1 aliphatic rings. The van der Waals surface area contributed by atoms with Crippen LogP contribution in [0, 0.1) is 10.1 Å². The van der Waals surface area contributed by atoms with Crippen LogP contribution in [0.2, 0.25) is 0 Å². The van der Waals surface area contributed by atoms with Crippen molar-refractivity contribution in [3.8, 4) is 0 Å². The molecule has 0 spiro atoms. The summed E-state index contributed by atoms with van der Waals surface area (Å²) in [5.74, 6) is 0.653. The summed E-state index contributed by atoms with van der Waals surface area (Å²) >= 11 is 0. The zero-order valence-corrected chi connectivity index (χ0v) is 12.1. The average Bonchev–Trinajstić information content (AvgIpc) is 2.51. The van der Waals surface area contributed by atoms with Gasteiger partial charge in [0.15, 0.2) is 5.96 Å². The molecule has 2 rings (SSSR count). The second-order valence-electron chi connectivity index (χ2n) is 4.85. The number of hydrogen-bond donors (Lipinski definition) is 3. The molecule has 1 aliphatic heterocycles. The van der Waals surface area contributed by atoms with Gasteiger partial charge in [0.2, 0.25) is 0 Å². The molecule has 126 valence electrons. The number of benzene rings is 1. The van der Waals surface area contributed by atoms with E-state index in [9.17, 15) is 23.3 Å². The van der Waals surface area contributed by atoms with Gasteiger partial charge in [0.1, 0.15) is 5.69 Å². The van der Waals surface area contributed by atoms with E-state index in [4.69, 9.17) is 0 Å². The number of nitro benzene ring substituents is 1. The fourth-order valence-corrected chi connectivity index (χ4v) is 2.04. The molecule has 0 aromatic heterocycles. The number of halogens is 3. The summed E-state index contributed by atoms with van der Waals surface area (Å²) in [4.78, 5) is 14.3. The number of guanidine groups is 1. The maximum atomic E-state index is 12.6. The number of rotatable bonds is 5. The van der Waals surface area contributed by atoms with Crippen molar-refractivity contribution in [2.24, 2.45) is 4.99 Å². The third-order valence-corrected chi connectivity index (χ3v) is 3.15. The summed E-state index contributed by atoms with van der Waals surface area (Å²) in [6.45, 7) is 2.27. The van der Waals surface area contributed by atoms with Crippen molar-refractivity contribution in [1.82, 2.24) is 10.6 Å². The molecule has 1 aromatic carbocycles. The molecular formula is C13H16F3N5O2. The average molecular weight is 331 g/mol. The van der Waals surface area contributed by atoms with Gasteiger partial charge in [0.25, 0.3) is 5.69 Å². The van der Waals surface area contributed by atoms with Gasteiger partial charge in [-0.15, -0.1) is 0 Å². The Morgan fingerprint density at radius 1 is 1.30 bits per heavy atom. The molecule has 0 aliphatic carbocycles. The van der Waals surface area contributed by atoms with E-state index in [0.29, 0.717) is 25.1 Å². The van der Waals surface area contributed by atoms with Gasteiger partial charge in [-0.1, -0.05) is 0 Å². The first-order valence-corrected chi connectivity index (χ1v) is 6.99. The van der Waals surface area contributed by atoms with E-state index in [-0.39, 0.29) is 5.69 Å². The van der Waals surface area contributed by atoms with Gasteiger partial charge in [-0.25, -0.2) is 0 Å². The highest BCUT2D eigenvalue weighted by molar-refractivity contribution is 5.80. The molecule has 7 nitrogen and oxygen atoms in total. The standard InChI is InChI=1S/C13H16F3N5O2/c14-13(15,16)9-2-3-10(11(8-9)21(22)23)17-6-7-20-12-18-4-1-5-19-12/h2-3,8,17H,1,4-7H2,(H2,18,19,20). The van der Waals surface area contributed by atoms with Crippen LogP contribution >= 0.6 is 0 Å². The lowest BCUT2D eigenvalue weighted by Crippen LogP contribution is -2.42. The molecule has 3 N–H and O–H groups in total. The Labute approximate surface area is 130 Å². The largest absolute Gasteiger partial charge is 0.416 e. The zero-order chi connectivity index (χ0) is 16.9. The highest BCUT2D eigenvalue weighted by Gasteiger charge is 2.32. The molecule has 10 heteroatoms. The van der Waals surface area contributed by atoms with Crippen molar-refractivity contribution < 1.29 is 18.1 Å². The van der Waals surface area contributed by atoms with Crippen LogP contribution in [0.5, 0.6) is 0 Å². The Bertz CT molecular complexity index is 604. The van der Waals surface area contributed by atoms with Crippen LogP contribution in [0.1, 0.15) is 12.0 Å². The topological polar surface area (TPSA) is 91.6 Å². The molecule has 1 heterocycles. The maximum Gasteiger partial charge on any atom is 0.416 e. The quantitative estimate of drug-likeness (QED) is 0.436. The molecule has 1 aromatic rings. The van der Waals surface area contributed by atoms with Crippen LogP contribution in [0.15, 0.2) is 23.2 Å². The first kappa shape index (κ1) is 16.8. The molecule has 23 heavy (non-hydrogen) atoms. The van der Waals surface area contributed by atoms with E-state index in [1.165, 1.54) is 0 Å². The maximum absolute atomic E-state index is 12.6. The smallest absolute Gasteiger partial charge is 0.378 e. The fraction of sp³-hybridized carbons (Fsp3) is 0.462. The summed E-state index contributed by atoms with van der Waals surface area (Å²) in [6, 6.07) is 2.41. The van der Waals surface area contributed by atoms with Crippen molar-refractivity contribution in [2.75, 3.05) is 31.5 Å². The van der Waals surface area contributed by atoms with E-state index in [1.54, 1.807) is 0 Å². The van der Waals surface area contributed by atoms with Gasteiger partial charge in [-0.2, -0.15) is 13.2 Å². The van der Waals surface area contributed by atoms with Crippen molar-refractivity contribution in [3.63, 3.8) is 0 Å². The molecule has 0 bridgehead atoms. The molecule has 0 saturated heterocycles. The van der Waals surface area contributed by atoms with E-state index in [2.05, 4.69) is 20.9 Å². The molecule has 0 amide bonds.